The van der Waals surface area contributed by atoms with Gasteiger partial charge in [0.25, 0.3) is 0 Å². The smallest absolute Gasteiger partial charge is 0.0590 e. The number of likely N-dealkylation sites (N-methyl/N-ethyl adjacent to an activating group) is 1. The van der Waals surface area contributed by atoms with Crippen LogP contribution in [-0.4, -0.2) is 35.7 Å². The van der Waals surface area contributed by atoms with Crippen LogP contribution in [0.5, 0.6) is 0 Å². The van der Waals surface area contributed by atoms with Crippen LogP contribution < -0.4 is 5.73 Å². The summed E-state index contributed by atoms with van der Waals surface area (Å²) in [5.74, 6) is 0. The lowest BCUT2D eigenvalue weighted by Gasteiger charge is -2.32. The van der Waals surface area contributed by atoms with Crippen molar-refractivity contribution in [2.45, 2.75) is 39.3 Å². The third-order valence-corrected chi connectivity index (χ3v) is 4.03. The van der Waals surface area contributed by atoms with Gasteiger partial charge in [-0.25, -0.2) is 0 Å². The molecule has 0 saturated heterocycles. The molecule has 0 fully saturated rings. The second kappa shape index (κ2) is 7.11. The summed E-state index contributed by atoms with van der Waals surface area (Å²) >= 11 is 1.82. The normalized spacial score (nSPS) is 15.2. The Morgan fingerprint density at radius 2 is 2.18 bits per heavy atom. The van der Waals surface area contributed by atoms with E-state index >= 15 is 0 Å². The number of aliphatic hydroxyl groups is 1. The third-order valence-electron chi connectivity index (χ3n) is 2.95. The van der Waals surface area contributed by atoms with E-state index in [-0.39, 0.29) is 18.7 Å². The van der Waals surface area contributed by atoms with Crippen LogP contribution in [0.1, 0.15) is 36.1 Å². The molecule has 2 atom stereocenters. The van der Waals surface area contributed by atoms with Crippen LogP contribution in [0.25, 0.3) is 0 Å². The van der Waals surface area contributed by atoms with E-state index in [1.165, 1.54) is 9.75 Å². The highest BCUT2D eigenvalue weighted by Gasteiger charge is 2.23. The van der Waals surface area contributed by atoms with Crippen LogP contribution in [0.4, 0.5) is 0 Å². The van der Waals surface area contributed by atoms with Crippen molar-refractivity contribution in [3.8, 4) is 0 Å². The van der Waals surface area contributed by atoms with Crippen LogP contribution in [0, 0.1) is 6.92 Å². The molecule has 0 spiro atoms. The van der Waals surface area contributed by atoms with Gasteiger partial charge < -0.3 is 10.8 Å². The van der Waals surface area contributed by atoms with E-state index in [0.717, 1.165) is 19.5 Å². The van der Waals surface area contributed by atoms with E-state index in [4.69, 9.17) is 10.8 Å². The van der Waals surface area contributed by atoms with Gasteiger partial charge in [-0.15, -0.1) is 11.3 Å². The Morgan fingerprint density at radius 3 is 2.59 bits per heavy atom. The number of thiophene rings is 1. The number of hydrogen-bond donors (Lipinski definition) is 2. The Bertz CT molecular complexity index is 325. The first-order chi connectivity index (χ1) is 8.10. The van der Waals surface area contributed by atoms with Crippen molar-refractivity contribution in [2.24, 2.45) is 5.73 Å². The van der Waals surface area contributed by atoms with Crippen molar-refractivity contribution >= 4 is 11.3 Å². The zero-order valence-electron chi connectivity index (χ0n) is 11.0. The van der Waals surface area contributed by atoms with Crippen LogP contribution in [0.3, 0.4) is 0 Å². The lowest BCUT2D eigenvalue weighted by atomic mass is 10.1. The molecule has 2 unspecified atom stereocenters. The van der Waals surface area contributed by atoms with Gasteiger partial charge in [-0.1, -0.05) is 6.92 Å². The molecule has 4 heteroatoms. The van der Waals surface area contributed by atoms with Gasteiger partial charge in [0.1, 0.15) is 0 Å². The SMILES string of the molecule is CCN(CCCO)C(c1ccc(C)s1)C(C)N. The minimum atomic E-state index is 0.103. The Morgan fingerprint density at radius 1 is 1.47 bits per heavy atom. The Balaban J connectivity index is 2.83. The molecular formula is C13H24N2OS. The summed E-state index contributed by atoms with van der Waals surface area (Å²) in [4.78, 5) is 5.01. The monoisotopic (exact) mass is 256 g/mol. The summed E-state index contributed by atoms with van der Waals surface area (Å²) in [5, 5.41) is 8.95. The van der Waals surface area contributed by atoms with Crippen molar-refractivity contribution in [1.29, 1.82) is 0 Å². The topological polar surface area (TPSA) is 49.5 Å². The molecule has 0 aliphatic rings. The molecule has 1 aromatic heterocycles. The molecule has 0 bridgehead atoms. The van der Waals surface area contributed by atoms with Gasteiger partial charge in [0.15, 0.2) is 0 Å². The van der Waals surface area contributed by atoms with Crippen LogP contribution in [0.15, 0.2) is 12.1 Å². The Kier molecular flexibility index (Phi) is 6.12. The Labute approximate surface area is 108 Å². The maximum Gasteiger partial charge on any atom is 0.0590 e. The predicted octanol–water partition coefficient (Wildman–Crippen LogP) is 2.15. The van der Waals surface area contributed by atoms with E-state index in [0.29, 0.717) is 0 Å². The number of hydrogen-bond acceptors (Lipinski definition) is 4. The van der Waals surface area contributed by atoms with E-state index in [9.17, 15) is 0 Å². The van der Waals surface area contributed by atoms with E-state index in [1.807, 2.05) is 11.3 Å². The first-order valence-corrected chi connectivity index (χ1v) is 7.08. The molecule has 0 saturated carbocycles. The largest absolute Gasteiger partial charge is 0.396 e. The second-order valence-electron chi connectivity index (χ2n) is 4.46. The van der Waals surface area contributed by atoms with Crippen molar-refractivity contribution < 1.29 is 5.11 Å². The molecule has 3 nitrogen and oxygen atoms in total. The number of aryl methyl sites for hydroxylation is 1. The van der Waals surface area contributed by atoms with E-state index < -0.39 is 0 Å². The summed E-state index contributed by atoms with van der Waals surface area (Å²) in [7, 11) is 0. The highest BCUT2D eigenvalue weighted by molar-refractivity contribution is 7.12. The molecular weight excluding hydrogens is 232 g/mol. The molecule has 1 heterocycles. The van der Waals surface area contributed by atoms with Gasteiger partial charge in [0.2, 0.25) is 0 Å². The lowest BCUT2D eigenvalue weighted by Crippen LogP contribution is -2.39. The first-order valence-electron chi connectivity index (χ1n) is 6.27. The van der Waals surface area contributed by atoms with Gasteiger partial charge in [0, 0.05) is 28.9 Å². The van der Waals surface area contributed by atoms with E-state index in [1.54, 1.807) is 0 Å². The predicted molar refractivity (Wildman–Crippen MR) is 74.4 cm³/mol. The van der Waals surface area contributed by atoms with Gasteiger partial charge in [0.05, 0.1) is 6.04 Å². The number of aliphatic hydroxyl groups excluding tert-OH is 1. The van der Waals surface area contributed by atoms with Crippen molar-refractivity contribution in [2.75, 3.05) is 19.7 Å². The summed E-state index contributed by atoms with van der Waals surface area (Å²) in [6.45, 7) is 8.43. The molecule has 0 aliphatic carbocycles. The third kappa shape index (κ3) is 4.07. The fourth-order valence-electron chi connectivity index (χ4n) is 2.15. The Hall–Kier alpha value is -0.420. The molecule has 1 aromatic rings. The van der Waals surface area contributed by atoms with Gasteiger partial charge in [-0.05, 0) is 38.9 Å². The average molecular weight is 256 g/mol. The van der Waals surface area contributed by atoms with Crippen molar-refractivity contribution in [3.05, 3.63) is 21.9 Å². The number of nitrogens with zero attached hydrogens (tertiary/aromatic N) is 1. The van der Waals surface area contributed by atoms with Crippen LogP contribution in [0.2, 0.25) is 0 Å². The quantitative estimate of drug-likeness (QED) is 0.786. The summed E-state index contributed by atoms with van der Waals surface area (Å²) in [6, 6.07) is 4.70. The molecule has 98 valence electrons. The molecule has 1 rings (SSSR count). The molecule has 0 aromatic carbocycles. The molecule has 0 radical (unpaired) electrons. The van der Waals surface area contributed by atoms with Crippen LogP contribution in [-0.2, 0) is 0 Å². The van der Waals surface area contributed by atoms with Gasteiger partial charge in [-0.3, -0.25) is 4.90 Å². The van der Waals surface area contributed by atoms with Crippen molar-refractivity contribution in [1.82, 2.24) is 4.90 Å². The first kappa shape index (κ1) is 14.6. The fraction of sp³-hybridized carbons (Fsp3) is 0.692. The highest BCUT2D eigenvalue weighted by atomic mass is 32.1. The van der Waals surface area contributed by atoms with Gasteiger partial charge >= 0.3 is 0 Å². The molecule has 3 N–H and O–H groups in total. The molecule has 17 heavy (non-hydrogen) atoms. The number of nitrogens with two attached hydrogens (primary N) is 1. The maximum absolute atomic E-state index is 8.95. The second-order valence-corrected chi connectivity index (χ2v) is 5.78. The highest BCUT2D eigenvalue weighted by Crippen LogP contribution is 2.29. The standard InChI is InChI=1S/C13H24N2OS/c1-4-15(8-5-9-16)13(11(3)14)12-7-6-10(2)17-12/h6-7,11,13,16H,4-5,8-9,14H2,1-3H3. The van der Waals surface area contributed by atoms with Gasteiger partial charge in [-0.2, -0.15) is 0 Å². The van der Waals surface area contributed by atoms with E-state index in [2.05, 4.69) is 37.8 Å². The minimum absolute atomic E-state index is 0.103. The lowest BCUT2D eigenvalue weighted by molar-refractivity contribution is 0.167. The molecule has 0 aliphatic heterocycles. The minimum Gasteiger partial charge on any atom is -0.396 e. The fourth-order valence-corrected chi connectivity index (χ4v) is 3.28. The van der Waals surface area contributed by atoms with Crippen molar-refractivity contribution in [3.63, 3.8) is 0 Å². The molecule has 0 amide bonds. The average Bonchev–Trinajstić information content (AvgIpc) is 2.69. The maximum atomic E-state index is 8.95. The summed E-state index contributed by atoms with van der Waals surface area (Å²) in [6.07, 6.45) is 0.807. The summed E-state index contributed by atoms with van der Waals surface area (Å²) < 4.78 is 0. The zero-order chi connectivity index (χ0) is 12.8. The van der Waals surface area contributed by atoms with Crippen LogP contribution >= 0.6 is 11.3 Å². The number of rotatable bonds is 7. The zero-order valence-corrected chi connectivity index (χ0v) is 11.8. The summed E-state index contributed by atoms with van der Waals surface area (Å²) in [5.41, 5.74) is 6.13.